The van der Waals surface area contributed by atoms with Crippen molar-refractivity contribution in [1.29, 1.82) is 0 Å². The van der Waals surface area contributed by atoms with Crippen molar-refractivity contribution in [2.45, 2.75) is 32.8 Å². The van der Waals surface area contributed by atoms with Crippen LogP contribution in [0.2, 0.25) is 0 Å². The zero-order valence-electron chi connectivity index (χ0n) is 12.2. The van der Waals surface area contributed by atoms with Crippen LogP contribution in [0, 0.1) is 6.92 Å². The minimum absolute atomic E-state index is 0.305. The molecule has 0 heterocycles. The molecule has 0 spiro atoms. The lowest BCUT2D eigenvalue weighted by atomic mass is 10.1. The molecule has 0 amide bonds. The number of anilines is 1. The highest BCUT2D eigenvalue weighted by Gasteiger charge is 2.12. The summed E-state index contributed by atoms with van der Waals surface area (Å²) < 4.78 is 5.37. The van der Waals surface area contributed by atoms with Crippen LogP contribution in [0.15, 0.2) is 36.4 Å². The predicted molar refractivity (Wildman–Crippen MR) is 83.2 cm³/mol. The van der Waals surface area contributed by atoms with Gasteiger partial charge in [0.05, 0.1) is 5.56 Å². The minimum Gasteiger partial charge on any atom is -0.457 e. The van der Waals surface area contributed by atoms with Crippen LogP contribution in [0.5, 0.6) is 0 Å². The second-order valence-corrected chi connectivity index (χ2v) is 5.60. The summed E-state index contributed by atoms with van der Waals surface area (Å²) in [6.45, 7) is 2.22. The van der Waals surface area contributed by atoms with Gasteiger partial charge in [-0.25, -0.2) is 4.79 Å². The standard InChI is InChI=1S/C18H19NO2/c1-12-5-7-16(10-17(12)19)18(20)21-11-13-6-8-14-3-2-4-15(14)9-13/h5-10H,2-4,11,19H2,1H3. The number of ether oxygens (including phenoxy) is 1. The Bertz CT molecular complexity index is 692. The third kappa shape index (κ3) is 2.92. The van der Waals surface area contributed by atoms with E-state index >= 15 is 0 Å². The average molecular weight is 281 g/mol. The number of hydrogen-bond acceptors (Lipinski definition) is 3. The maximum atomic E-state index is 12.0. The van der Waals surface area contributed by atoms with E-state index in [0.717, 1.165) is 24.0 Å². The van der Waals surface area contributed by atoms with Gasteiger partial charge in [-0.05, 0) is 60.6 Å². The normalized spacial score (nSPS) is 13.0. The highest BCUT2D eigenvalue weighted by atomic mass is 16.5. The number of aryl methyl sites for hydroxylation is 3. The molecule has 0 saturated carbocycles. The molecule has 0 aromatic heterocycles. The molecular weight excluding hydrogens is 262 g/mol. The fourth-order valence-electron chi connectivity index (χ4n) is 2.71. The minimum atomic E-state index is -0.331. The van der Waals surface area contributed by atoms with Gasteiger partial charge in [0.2, 0.25) is 0 Å². The van der Waals surface area contributed by atoms with Crippen molar-refractivity contribution in [3.8, 4) is 0 Å². The number of esters is 1. The number of carbonyl (C=O) groups is 1. The fourth-order valence-corrected chi connectivity index (χ4v) is 2.71. The molecule has 0 bridgehead atoms. The molecule has 1 aliphatic carbocycles. The Kier molecular flexibility index (Phi) is 3.65. The van der Waals surface area contributed by atoms with E-state index in [1.807, 2.05) is 19.1 Å². The molecule has 0 saturated heterocycles. The van der Waals surface area contributed by atoms with E-state index in [2.05, 4.69) is 12.1 Å². The molecule has 108 valence electrons. The van der Waals surface area contributed by atoms with Crippen LogP contribution >= 0.6 is 0 Å². The van der Waals surface area contributed by atoms with E-state index in [1.54, 1.807) is 12.1 Å². The SMILES string of the molecule is Cc1ccc(C(=O)OCc2ccc3c(c2)CCC3)cc1N. The van der Waals surface area contributed by atoms with Gasteiger partial charge in [0, 0.05) is 5.69 Å². The number of nitrogens with two attached hydrogens (primary N) is 1. The summed E-state index contributed by atoms with van der Waals surface area (Å²) in [7, 11) is 0. The summed E-state index contributed by atoms with van der Waals surface area (Å²) in [5.74, 6) is -0.331. The molecule has 0 fully saturated rings. The lowest BCUT2D eigenvalue weighted by Crippen LogP contribution is -2.06. The van der Waals surface area contributed by atoms with Gasteiger partial charge in [0.15, 0.2) is 0 Å². The summed E-state index contributed by atoms with van der Waals surface area (Å²) in [6.07, 6.45) is 3.52. The van der Waals surface area contributed by atoms with E-state index in [1.165, 1.54) is 17.5 Å². The highest BCUT2D eigenvalue weighted by molar-refractivity contribution is 5.90. The van der Waals surface area contributed by atoms with Gasteiger partial charge in [-0.15, -0.1) is 0 Å². The first-order valence-electron chi connectivity index (χ1n) is 7.27. The largest absolute Gasteiger partial charge is 0.457 e. The van der Waals surface area contributed by atoms with Gasteiger partial charge in [-0.2, -0.15) is 0 Å². The van der Waals surface area contributed by atoms with Crippen LogP contribution < -0.4 is 5.73 Å². The van der Waals surface area contributed by atoms with Crippen molar-refractivity contribution in [2.75, 3.05) is 5.73 Å². The lowest BCUT2D eigenvalue weighted by molar-refractivity contribution is 0.0472. The van der Waals surface area contributed by atoms with Crippen LogP contribution in [0.3, 0.4) is 0 Å². The zero-order chi connectivity index (χ0) is 14.8. The number of rotatable bonds is 3. The number of nitrogen functional groups attached to an aromatic ring is 1. The Morgan fingerprint density at radius 1 is 1.14 bits per heavy atom. The van der Waals surface area contributed by atoms with Crippen molar-refractivity contribution in [3.63, 3.8) is 0 Å². The third-order valence-electron chi connectivity index (χ3n) is 4.05. The maximum Gasteiger partial charge on any atom is 0.338 e. The molecule has 2 aromatic carbocycles. The highest BCUT2D eigenvalue weighted by Crippen LogP contribution is 2.23. The van der Waals surface area contributed by atoms with Crippen LogP contribution in [-0.4, -0.2) is 5.97 Å². The first-order valence-corrected chi connectivity index (χ1v) is 7.27. The van der Waals surface area contributed by atoms with Crippen LogP contribution in [0.1, 0.15) is 39.0 Å². The number of benzene rings is 2. The van der Waals surface area contributed by atoms with Crippen molar-refractivity contribution in [3.05, 3.63) is 64.2 Å². The Balaban J connectivity index is 1.67. The summed E-state index contributed by atoms with van der Waals surface area (Å²) in [5, 5.41) is 0. The summed E-state index contributed by atoms with van der Waals surface area (Å²) in [5.41, 5.74) is 11.8. The molecule has 0 aliphatic heterocycles. The van der Waals surface area contributed by atoms with Gasteiger partial charge in [-0.3, -0.25) is 0 Å². The molecule has 3 nitrogen and oxygen atoms in total. The van der Waals surface area contributed by atoms with Gasteiger partial charge < -0.3 is 10.5 Å². The maximum absolute atomic E-state index is 12.0. The number of hydrogen-bond donors (Lipinski definition) is 1. The predicted octanol–water partition coefficient (Wildman–Crippen LogP) is 3.42. The average Bonchev–Trinajstić information content (AvgIpc) is 2.95. The molecule has 0 radical (unpaired) electrons. The van der Waals surface area contributed by atoms with Crippen molar-refractivity contribution in [1.82, 2.24) is 0 Å². The van der Waals surface area contributed by atoms with Crippen molar-refractivity contribution >= 4 is 11.7 Å². The molecule has 21 heavy (non-hydrogen) atoms. The van der Waals surface area contributed by atoms with Crippen molar-refractivity contribution < 1.29 is 9.53 Å². The van der Waals surface area contributed by atoms with E-state index in [0.29, 0.717) is 17.9 Å². The van der Waals surface area contributed by atoms with Gasteiger partial charge in [0.1, 0.15) is 6.61 Å². The Morgan fingerprint density at radius 3 is 2.76 bits per heavy atom. The monoisotopic (exact) mass is 281 g/mol. The zero-order valence-corrected chi connectivity index (χ0v) is 12.2. The van der Waals surface area contributed by atoms with E-state index in [4.69, 9.17) is 10.5 Å². The first-order chi connectivity index (χ1) is 10.1. The molecule has 3 heteroatoms. The van der Waals surface area contributed by atoms with Gasteiger partial charge >= 0.3 is 5.97 Å². The smallest absolute Gasteiger partial charge is 0.338 e. The van der Waals surface area contributed by atoms with Crippen LogP contribution in [0.4, 0.5) is 5.69 Å². The van der Waals surface area contributed by atoms with Gasteiger partial charge in [-0.1, -0.05) is 24.3 Å². The molecule has 2 N–H and O–H groups in total. The molecular formula is C18H19NO2. The van der Waals surface area contributed by atoms with Gasteiger partial charge in [0.25, 0.3) is 0 Å². The quantitative estimate of drug-likeness (QED) is 0.692. The second-order valence-electron chi connectivity index (χ2n) is 5.60. The first kappa shape index (κ1) is 13.7. The fraction of sp³-hybridized carbons (Fsp3) is 0.278. The summed E-state index contributed by atoms with van der Waals surface area (Å²) in [6, 6.07) is 11.6. The third-order valence-corrected chi connectivity index (χ3v) is 4.05. The Labute approximate surface area is 124 Å². The molecule has 0 atom stereocenters. The van der Waals surface area contributed by atoms with Crippen LogP contribution in [-0.2, 0) is 24.2 Å². The Morgan fingerprint density at radius 2 is 1.95 bits per heavy atom. The van der Waals surface area contributed by atoms with Crippen LogP contribution in [0.25, 0.3) is 0 Å². The lowest BCUT2D eigenvalue weighted by Gasteiger charge is -2.08. The molecule has 2 aromatic rings. The summed E-state index contributed by atoms with van der Waals surface area (Å²) >= 11 is 0. The van der Waals surface area contributed by atoms with Crippen molar-refractivity contribution in [2.24, 2.45) is 0 Å². The molecule has 3 rings (SSSR count). The Hall–Kier alpha value is -2.29. The number of carbonyl (C=O) groups excluding carboxylic acids is 1. The summed E-state index contributed by atoms with van der Waals surface area (Å²) in [4.78, 5) is 12.0. The second kappa shape index (κ2) is 5.60. The molecule has 0 unspecified atom stereocenters. The van der Waals surface area contributed by atoms with E-state index < -0.39 is 0 Å². The molecule has 1 aliphatic rings. The number of fused-ring (bicyclic) bond motifs is 1. The van der Waals surface area contributed by atoms with E-state index in [9.17, 15) is 4.79 Å². The topological polar surface area (TPSA) is 52.3 Å². The van der Waals surface area contributed by atoms with E-state index in [-0.39, 0.29) is 5.97 Å².